The van der Waals surface area contributed by atoms with Gasteiger partial charge >= 0.3 is 5.97 Å². The van der Waals surface area contributed by atoms with Crippen LogP contribution in [0.1, 0.15) is 42.7 Å². The van der Waals surface area contributed by atoms with Crippen LogP contribution in [-0.2, 0) is 11.3 Å². The van der Waals surface area contributed by atoms with Gasteiger partial charge in [0, 0.05) is 13.0 Å². The molecule has 1 fully saturated rings. The van der Waals surface area contributed by atoms with Crippen LogP contribution in [-0.4, -0.2) is 29.6 Å². The van der Waals surface area contributed by atoms with E-state index in [0.29, 0.717) is 0 Å². The third-order valence-electron chi connectivity index (χ3n) is 3.44. The summed E-state index contributed by atoms with van der Waals surface area (Å²) in [6.45, 7) is 1.76. The Bertz CT molecular complexity index is 413. The molecule has 2 rings (SSSR count). The number of hydrogen-bond acceptors (Lipinski definition) is 2. The average Bonchev–Trinajstić information content (AvgIpc) is 3.13. The fourth-order valence-corrected chi connectivity index (χ4v) is 2.34. The zero-order chi connectivity index (χ0) is 13.0. The smallest absolute Gasteiger partial charge is 0.303 e. The number of hydrogen-bond donors (Lipinski definition) is 1. The second-order valence-electron chi connectivity index (χ2n) is 5.21. The largest absolute Gasteiger partial charge is 0.481 e. The van der Waals surface area contributed by atoms with Crippen molar-refractivity contribution >= 4 is 5.97 Å². The molecule has 1 aromatic carbocycles. The van der Waals surface area contributed by atoms with E-state index >= 15 is 0 Å². The van der Waals surface area contributed by atoms with Crippen LogP contribution in [0, 0.1) is 0 Å². The van der Waals surface area contributed by atoms with Crippen LogP contribution in [0.25, 0.3) is 0 Å². The molecule has 0 saturated heterocycles. The molecular weight excluding hydrogens is 226 g/mol. The molecule has 3 heteroatoms. The van der Waals surface area contributed by atoms with E-state index in [0.717, 1.165) is 25.4 Å². The number of benzene rings is 1. The van der Waals surface area contributed by atoms with Gasteiger partial charge in [0.15, 0.2) is 0 Å². The van der Waals surface area contributed by atoms with E-state index in [1.807, 2.05) is 0 Å². The minimum Gasteiger partial charge on any atom is -0.481 e. The molecule has 1 saturated carbocycles. The lowest BCUT2D eigenvalue weighted by molar-refractivity contribution is -0.137. The second-order valence-corrected chi connectivity index (χ2v) is 5.21. The first-order valence-electron chi connectivity index (χ1n) is 6.65. The Balaban J connectivity index is 1.86. The zero-order valence-electron chi connectivity index (χ0n) is 10.9. The summed E-state index contributed by atoms with van der Waals surface area (Å²) in [7, 11) is 2.06. The molecule has 18 heavy (non-hydrogen) atoms. The molecule has 3 nitrogen and oxygen atoms in total. The molecule has 0 amide bonds. The Morgan fingerprint density at radius 1 is 1.39 bits per heavy atom. The van der Waals surface area contributed by atoms with E-state index in [4.69, 9.17) is 5.11 Å². The Hall–Kier alpha value is -1.35. The highest BCUT2D eigenvalue weighted by molar-refractivity contribution is 5.66. The maximum atomic E-state index is 10.5. The quantitative estimate of drug-likeness (QED) is 0.805. The van der Waals surface area contributed by atoms with Crippen molar-refractivity contribution in [3.8, 4) is 0 Å². The first kappa shape index (κ1) is 13.1. The fourth-order valence-electron chi connectivity index (χ4n) is 2.34. The van der Waals surface area contributed by atoms with Gasteiger partial charge in [-0.2, -0.15) is 0 Å². The topological polar surface area (TPSA) is 40.5 Å². The fraction of sp³-hybridized carbons (Fsp3) is 0.533. The molecule has 0 atom stereocenters. The van der Waals surface area contributed by atoms with Crippen LogP contribution in [0.3, 0.4) is 0 Å². The minimum atomic E-state index is -0.707. The lowest BCUT2D eigenvalue weighted by Crippen LogP contribution is -2.20. The van der Waals surface area contributed by atoms with Crippen LogP contribution < -0.4 is 0 Å². The van der Waals surface area contributed by atoms with Gasteiger partial charge in [-0.3, -0.25) is 4.79 Å². The highest BCUT2D eigenvalue weighted by Crippen LogP contribution is 2.41. The average molecular weight is 247 g/mol. The van der Waals surface area contributed by atoms with Crippen molar-refractivity contribution in [1.29, 1.82) is 0 Å². The van der Waals surface area contributed by atoms with E-state index < -0.39 is 5.97 Å². The molecule has 0 spiro atoms. The highest BCUT2D eigenvalue weighted by Gasteiger charge is 2.25. The Morgan fingerprint density at radius 2 is 2.11 bits per heavy atom. The van der Waals surface area contributed by atoms with E-state index in [-0.39, 0.29) is 6.42 Å². The summed E-state index contributed by atoms with van der Waals surface area (Å²) >= 11 is 0. The SMILES string of the molecule is CN(CCCC(=O)O)Cc1ccccc1C1CC1. The van der Waals surface area contributed by atoms with Gasteiger partial charge in [0.1, 0.15) is 0 Å². The summed E-state index contributed by atoms with van der Waals surface area (Å²) in [6, 6.07) is 8.63. The molecule has 1 N–H and O–H groups in total. The van der Waals surface area contributed by atoms with Gasteiger partial charge in [-0.25, -0.2) is 0 Å². The van der Waals surface area contributed by atoms with Gasteiger partial charge in [-0.15, -0.1) is 0 Å². The van der Waals surface area contributed by atoms with Gasteiger partial charge in [0.05, 0.1) is 0 Å². The van der Waals surface area contributed by atoms with Crippen molar-refractivity contribution < 1.29 is 9.90 Å². The van der Waals surface area contributed by atoms with Gasteiger partial charge < -0.3 is 10.0 Å². The van der Waals surface area contributed by atoms with E-state index in [1.54, 1.807) is 0 Å². The van der Waals surface area contributed by atoms with Crippen molar-refractivity contribution in [3.63, 3.8) is 0 Å². The van der Waals surface area contributed by atoms with Crippen LogP contribution in [0.15, 0.2) is 24.3 Å². The monoisotopic (exact) mass is 247 g/mol. The van der Waals surface area contributed by atoms with Crippen LogP contribution in [0.4, 0.5) is 0 Å². The standard InChI is InChI=1S/C15H21NO2/c1-16(10-4-7-15(17)18)11-13-5-2-3-6-14(13)12-8-9-12/h2-3,5-6,12H,4,7-11H2,1H3,(H,17,18). The first-order chi connectivity index (χ1) is 8.66. The van der Waals surface area contributed by atoms with Crippen molar-refractivity contribution in [3.05, 3.63) is 35.4 Å². The predicted molar refractivity (Wildman–Crippen MR) is 71.6 cm³/mol. The molecule has 0 radical (unpaired) electrons. The summed E-state index contributed by atoms with van der Waals surface area (Å²) in [5.41, 5.74) is 2.89. The summed E-state index contributed by atoms with van der Waals surface area (Å²) in [6.07, 6.45) is 3.62. The minimum absolute atomic E-state index is 0.259. The molecule has 0 bridgehead atoms. The number of nitrogens with zero attached hydrogens (tertiary/aromatic N) is 1. The van der Waals surface area contributed by atoms with E-state index in [1.165, 1.54) is 24.0 Å². The maximum absolute atomic E-state index is 10.5. The molecule has 98 valence electrons. The molecule has 1 aliphatic carbocycles. The molecule has 0 unspecified atom stereocenters. The molecule has 1 aromatic rings. The third kappa shape index (κ3) is 3.84. The van der Waals surface area contributed by atoms with Crippen molar-refractivity contribution in [2.75, 3.05) is 13.6 Å². The Kier molecular flexibility index (Phi) is 4.37. The Labute approximate surface area is 108 Å². The van der Waals surface area contributed by atoms with Gasteiger partial charge in [-0.1, -0.05) is 24.3 Å². The number of carboxylic acid groups (broad SMARTS) is 1. The van der Waals surface area contributed by atoms with Gasteiger partial charge in [0.25, 0.3) is 0 Å². The lowest BCUT2D eigenvalue weighted by Gasteiger charge is -2.18. The number of aliphatic carboxylic acids is 1. The van der Waals surface area contributed by atoms with Gasteiger partial charge in [0.2, 0.25) is 0 Å². The normalized spacial score (nSPS) is 15.0. The summed E-state index contributed by atoms with van der Waals surface area (Å²) in [5, 5.41) is 8.62. The summed E-state index contributed by atoms with van der Waals surface area (Å²) in [5.74, 6) is 0.0652. The highest BCUT2D eigenvalue weighted by atomic mass is 16.4. The second kappa shape index (κ2) is 6.01. The summed E-state index contributed by atoms with van der Waals surface area (Å²) in [4.78, 5) is 12.7. The van der Waals surface area contributed by atoms with Gasteiger partial charge in [-0.05, 0) is 49.9 Å². The van der Waals surface area contributed by atoms with Crippen LogP contribution >= 0.6 is 0 Å². The van der Waals surface area contributed by atoms with Crippen molar-refractivity contribution in [1.82, 2.24) is 4.90 Å². The number of carbonyl (C=O) groups is 1. The molecular formula is C15H21NO2. The van der Waals surface area contributed by atoms with Crippen molar-refractivity contribution in [2.24, 2.45) is 0 Å². The molecule has 0 aromatic heterocycles. The number of carboxylic acids is 1. The predicted octanol–water partition coefficient (Wildman–Crippen LogP) is 2.86. The van der Waals surface area contributed by atoms with Crippen LogP contribution in [0.5, 0.6) is 0 Å². The third-order valence-corrected chi connectivity index (χ3v) is 3.44. The number of rotatable bonds is 7. The van der Waals surface area contributed by atoms with E-state index in [9.17, 15) is 4.79 Å². The summed E-state index contributed by atoms with van der Waals surface area (Å²) < 4.78 is 0. The lowest BCUT2D eigenvalue weighted by atomic mass is 10.0. The zero-order valence-corrected chi connectivity index (χ0v) is 10.9. The Morgan fingerprint density at radius 3 is 2.78 bits per heavy atom. The van der Waals surface area contributed by atoms with Crippen molar-refractivity contribution in [2.45, 2.75) is 38.1 Å². The van der Waals surface area contributed by atoms with Crippen LogP contribution in [0.2, 0.25) is 0 Å². The molecule has 0 heterocycles. The maximum Gasteiger partial charge on any atom is 0.303 e. The van der Waals surface area contributed by atoms with E-state index in [2.05, 4.69) is 36.2 Å². The first-order valence-corrected chi connectivity index (χ1v) is 6.65. The molecule has 0 aliphatic heterocycles. The molecule has 1 aliphatic rings.